The van der Waals surface area contributed by atoms with Gasteiger partial charge in [0.25, 0.3) is 11.8 Å². The third-order valence-electron chi connectivity index (χ3n) is 4.77. The first kappa shape index (κ1) is 23.0. The molecular weight excluding hydrogens is 476 g/mol. The Morgan fingerprint density at radius 3 is 2.55 bits per heavy atom. The maximum Gasteiger partial charge on any atom is 0.285 e. The van der Waals surface area contributed by atoms with E-state index in [1.54, 1.807) is 24.3 Å². The predicted molar refractivity (Wildman–Crippen MR) is 136 cm³/mol. The van der Waals surface area contributed by atoms with Gasteiger partial charge in [-0.2, -0.15) is 5.01 Å². The van der Waals surface area contributed by atoms with Gasteiger partial charge in [-0.05, 0) is 59.8 Å². The van der Waals surface area contributed by atoms with Crippen molar-refractivity contribution in [3.05, 3.63) is 105 Å². The molecule has 1 fully saturated rings. The highest BCUT2D eigenvalue weighted by Crippen LogP contribution is 2.31. The van der Waals surface area contributed by atoms with Gasteiger partial charge in [0.1, 0.15) is 5.75 Å². The molecule has 3 aromatic carbocycles. The second kappa shape index (κ2) is 10.7. The minimum Gasteiger partial charge on any atom is -0.493 e. The minimum atomic E-state index is -0.466. The highest BCUT2D eigenvalue weighted by molar-refractivity contribution is 8.26. The number of thioether (sulfide) groups is 1. The highest BCUT2D eigenvalue weighted by atomic mass is 35.5. The number of ether oxygens (including phenoxy) is 1. The quantitative estimate of drug-likeness (QED) is 0.347. The van der Waals surface area contributed by atoms with Gasteiger partial charge < -0.3 is 4.74 Å². The van der Waals surface area contributed by atoms with Crippen molar-refractivity contribution in [2.24, 2.45) is 0 Å². The van der Waals surface area contributed by atoms with E-state index < -0.39 is 5.91 Å². The largest absolute Gasteiger partial charge is 0.493 e. The molecule has 0 spiro atoms. The van der Waals surface area contributed by atoms with Crippen LogP contribution in [-0.2, 0) is 11.2 Å². The van der Waals surface area contributed by atoms with E-state index in [9.17, 15) is 9.59 Å². The number of rotatable bonds is 7. The summed E-state index contributed by atoms with van der Waals surface area (Å²) in [6.07, 6.45) is 2.56. The molecule has 0 aromatic heterocycles. The lowest BCUT2D eigenvalue weighted by molar-refractivity contribution is -0.123. The second-order valence-electron chi connectivity index (χ2n) is 7.12. The molecule has 0 radical (unpaired) electrons. The molecule has 1 N–H and O–H groups in total. The van der Waals surface area contributed by atoms with Crippen LogP contribution in [0, 0.1) is 0 Å². The Labute approximate surface area is 206 Å². The summed E-state index contributed by atoms with van der Waals surface area (Å²) in [5.74, 6) is -0.0972. The summed E-state index contributed by atoms with van der Waals surface area (Å²) in [4.78, 5) is 25.7. The van der Waals surface area contributed by atoms with Crippen LogP contribution in [0.3, 0.4) is 0 Å². The third-order valence-corrected chi connectivity index (χ3v) is 6.31. The fourth-order valence-electron chi connectivity index (χ4n) is 3.10. The number of halogens is 1. The zero-order valence-electron chi connectivity index (χ0n) is 17.4. The summed E-state index contributed by atoms with van der Waals surface area (Å²) >= 11 is 12.3. The molecule has 5 nitrogen and oxygen atoms in total. The van der Waals surface area contributed by atoms with E-state index in [2.05, 4.69) is 17.6 Å². The first-order valence-corrected chi connectivity index (χ1v) is 11.7. The van der Waals surface area contributed by atoms with Crippen molar-refractivity contribution >= 4 is 57.8 Å². The van der Waals surface area contributed by atoms with Crippen molar-refractivity contribution in [2.45, 2.75) is 6.42 Å². The number of benzene rings is 3. The normalized spacial score (nSPS) is 14.6. The zero-order valence-corrected chi connectivity index (χ0v) is 19.8. The summed E-state index contributed by atoms with van der Waals surface area (Å²) in [5, 5.41) is 1.51. The molecule has 2 amide bonds. The smallest absolute Gasteiger partial charge is 0.285 e. The van der Waals surface area contributed by atoms with Crippen LogP contribution in [0.2, 0.25) is 5.02 Å². The van der Waals surface area contributed by atoms with Crippen LogP contribution in [0.15, 0.2) is 83.8 Å². The molecule has 0 unspecified atom stereocenters. The molecule has 0 bridgehead atoms. The fourth-order valence-corrected chi connectivity index (χ4v) is 4.47. The number of carbonyl (C=O) groups is 2. The summed E-state index contributed by atoms with van der Waals surface area (Å²) in [6, 6.07) is 24.1. The monoisotopic (exact) mass is 494 g/mol. The van der Waals surface area contributed by atoms with Crippen molar-refractivity contribution in [1.82, 2.24) is 10.4 Å². The number of amides is 2. The van der Waals surface area contributed by atoms with E-state index in [0.717, 1.165) is 34.5 Å². The SMILES string of the molecule is O=C(NN1C(=O)/C(=C/c2ccc(OCCc3ccccc3)cc2)SC1=S)c1cccc(Cl)c1. The maximum atomic E-state index is 12.8. The van der Waals surface area contributed by atoms with Gasteiger partial charge in [0.05, 0.1) is 11.5 Å². The second-order valence-corrected chi connectivity index (χ2v) is 9.23. The Kier molecular flexibility index (Phi) is 7.44. The third kappa shape index (κ3) is 6.01. The van der Waals surface area contributed by atoms with Gasteiger partial charge in [-0.1, -0.05) is 71.9 Å². The average molecular weight is 495 g/mol. The summed E-state index contributed by atoms with van der Waals surface area (Å²) in [7, 11) is 0. The van der Waals surface area contributed by atoms with Crippen LogP contribution >= 0.6 is 35.6 Å². The van der Waals surface area contributed by atoms with E-state index >= 15 is 0 Å². The zero-order chi connectivity index (χ0) is 23.2. The molecular formula is C25H19ClN2O3S2. The summed E-state index contributed by atoms with van der Waals surface area (Å²) in [6.45, 7) is 0.578. The molecule has 0 aliphatic carbocycles. The number of carbonyl (C=O) groups excluding carboxylic acids is 2. The van der Waals surface area contributed by atoms with Crippen LogP contribution in [-0.4, -0.2) is 27.8 Å². The van der Waals surface area contributed by atoms with Crippen molar-refractivity contribution in [3.8, 4) is 5.75 Å². The Balaban J connectivity index is 1.36. The maximum absolute atomic E-state index is 12.8. The Morgan fingerprint density at radius 2 is 1.82 bits per heavy atom. The van der Waals surface area contributed by atoms with E-state index in [1.165, 1.54) is 11.6 Å². The van der Waals surface area contributed by atoms with Crippen molar-refractivity contribution in [3.63, 3.8) is 0 Å². The summed E-state index contributed by atoms with van der Waals surface area (Å²) in [5.41, 5.74) is 4.93. The molecule has 166 valence electrons. The summed E-state index contributed by atoms with van der Waals surface area (Å²) < 4.78 is 6.06. The molecule has 3 aromatic rings. The van der Waals surface area contributed by atoms with Gasteiger partial charge in [-0.25, -0.2) is 0 Å². The van der Waals surface area contributed by atoms with Gasteiger partial charge in [0.2, 0.25) is 0 Å². The topological polar surface area (TPSA) is 58.6 Å². The first-order chi connectivity index (χ1) is 16.0. The molecule has 8 heteroatoms. The lowest BCUT2D eigenvalue weighted by atomic mass is 10.2. The van der Waals surface area contributed by atoms with E-state index in [0.29, 0.717) is 22.1 Å². The molecule has 33 heavy (non-hydrogen) atoms. The predicted octanol–water partition coefficient (Wildman–Crippen LogP) is 5.51. The van der Waals surface area contributed by atoms with Crippen molar-refractivity contribution in [2.75, 3.05) is 6.61 Å². The molecule has 1 saturated heterocycles. The van der Waals surface area contributed by atoms with Gasteiger partial charge in [-0.15, -0.1) is 0 Å². The first-order valence-electron chi connectivity index (χ1n) is 10.1. The van der Waals surface area contributed by atoms with Crippen molar-refractivity contribution < 1.29 is 14.3 Å². The highest BCUT2D eigenvalue weighted by Gasteiger charge is 2.33. The van der Waals surface area contributed by atoms with Gasteiger partial charge in [0.15, 0.2) is 4.32 Å². The van der Waals surface area contributed by atoms with Gasteiger partial charge >= 0.3 is 0 Å². The van der Waals surface area contributed by atoms with Crippen molar-refractivity contribution in [1.29, 1.82) is 0 Å². The number of hydrazine groups is 1. The van der Waals surface area contributed by atoms with Crippen LogP contribution in [0.1, 0.15) is 21.5 Å². The average Bonchev–Trinajstić information content (AvgIpc) is 3.08. The molecule has 0 atom stereocenters. The Morgan fingerprint density at radius 1 is 1.06 bits per heavy atom. The van der Waals surface area contributed by atoms with Crippen LogP contribution in [0.25, 0.3) is 6.08 Å². The van der Waals surface area contributed by atoms with E-state index in [4.69, 9.17) is 28.6 Å². The molecule has 4 rings (SSSR count). The Bertz CT molecular complexity index is 1210. The van der Waals surface area contributed by atoms with Gasteiger partial charge in [-0.3, -0.25) is 15.0 Å². The van der Waals surface area contributed by atoms with Crippen LogP contribution in [0.5, 0.6) is 5.75 Å². The fraction of sp³-hybridized carbons (Fsp3) is 0.0800. The number of thiocarbonyl (C=S) groups is 1. The standard InChI is InChI=1S/C25H19ClN2O3S2/c26-20-8-4-7-19(16-20)23(29)27-28-24(30)22(33-25(28)32)15-18-9-11-21(12-10-18)31-14-13-17-5-2-1-3-6-17/h1-12,15-16H,13-14H2,(H,27,29)/b22-15-. The molecule has 0 saturated carbocycles. The lowest BCUT2D eigenvalue weighted by Gasteiger charge is -2.15. The lowest BCUT2D eigenvalue weighted by Crippen LogP contribution is -2.44. The molecule has 1 heterocycles. The number of nitrogens with zero attached hydrogens (tertiary/aromatic N) is 1. The van der Waals surface area contributed by atoms with Gasteiger partial charge in [0, 0.05) is 17.0 Å². The van der Waals surface area contributed by atoms with Crippen LogP contribution < -0.4 is 10.2 Å². The van der Waals surface area contributed by atoms with Crippen LogP contribution in [0.4, 0.5) is 0 Å². The number of nitrogens with one attached hydrogen (secondary N) is 1. The minimum absolute atomic E-state index is 0.252. The number of hydrogen-bond acceptors (Lipinski definition) is 5. The molecule has 1 aliphatic heterocycles. The van der Waals surface area contributed by atoms with E-state index in [1.807, 2.05) is 42.5 Å². The van der Waals surface area contributed by atoms with E-state index in [-0.39, 0.29) is 10.2 Å². The molecule has 1 aliphatic rings. The Hall–Kier alpha value is -3.13. The number of hydrogen-bond donors (Lipinski definition) is 1.